The molecule has 0 atom stereocenters. The first-order valence-electron chi connectivity index (χ1n) is 10.1. The molecule has 0 aliphatic heterocycles. The Morgan fingerprint density at radius 3 is 2.20 bits per heavy atom. The van der Waals surface area contributed by atoms with Gasteiger partial charge in [0.25, 0.3) is 5.91 Å². The van der Waals surface area contributed by atoms with Crippen molar-refractivity contribution in [3.63, 3.8) is 0 Å². The maximum absolute atomic E-state index is 13.4. The predicted octanol–water partition coefficient (Wildman–Crippen LogP) is 4.97. The summed E-state index contributed by atoms with van der Waals surface area (Å²) in [5.74, 6) is 1.80. The van der Waals surface area contributed by atoms with Crippen LogP contribution in [0.4, 0.5) is 0 Å². The lowest BCUT2D eigenvalue weighted by atomic mass is 10.1. The fourth-order valence-corrected chi connectivity index (χ4v) is 3.07. The highest BCUT2D eigenvalue weighted by Gasteiger charge is 2.20. The number of hydrogen-bond acceptors (Lipinski definition) is 4. The van der Waals surface area contributed by atoms with Gasteiger partial charge in [0, 0.05) is 25.5 Å². The molecule has 30 heavy (non-hydrogen) atoms. The lowest BCUT2D eigenvalue weighted by Gasteiger charge is -2.24. The van der Waals surface area contributed by atoms with E-state index in [0.29, 0.717) is 36.9 Å². The number of amides is 1. The SMILES string of the molecule is COc1ccccc1C(=O)N(Cc1ccncc1)Cc1ccc(OCC(C)C)cc1. The molecule has 0 unspecified atom stereocenters. The van der Waals surface area contributed by atoms with Crippen LogP contribution in [0.25, 0.3) is 0 Å². The molecule has 0 bridgehead atoms. The van der Waals surface area contributed by atoms with Crippen molar-refractivity contribution in [1.82, 2.24) is 9.88 Å². The maximum Gasteiger partial charge on any atom is 0.258 e. The van der Waals surface area contributed by atoms with E-state index in [4.69, 9.17) is 9.47 Å². The minimum absolute atomic E-state index is 0.0793. The summed E-state index contributed by atoms with van der Waals surface area (Å²) in [6.45, 7) is 5.87. The maximum atomic E-state index is 13.4. The molecule has 0 radical (unpaired) electrons. The predicted molar refractivity (Wildman–Crippen MR) is 118 cm³/mol. The third-order valence-corrected chi connectivity index (χ3v) is 4.63. The summed E-state index contributed by atoms with van der Waals surface area (Å²) in [5, 5.41) is 0. The van der Waals surface area contributed by atoms with Crippen LogP contribution < -0.4 is 9.47 Å². The lowest BCUT2D eigenvalue weighted by molar-refractivity contribution is 0.0726. The number of rotatable bonds is 9. The molecule has 5 nitrogen and oxygen atoms in total. The smallest absolute Gasteiger partial charge is 0.258 e. The number of ether oxygens (including phenoxy) is 2. The van der Waals surface area contributed by atoms with Gasteiger partial charge in [-0.2, -0.15) is 0 Å². The van der Waals surface area contributed by atoms with Crippen molar-refractivity contribution in [1.29, 1.82) is 0 Å². The summed E-state index contributed by atoms with van der Waals surface area (Å²) in [4.78, 5) is 19.3. The number of hydrogen-bond donors (Lipinski definition) is 0. The van der Waals surface area contributed by atoms with Crippen LogP contribution in [0.5, 0.6) is 11.5 Å². The number of para-hydroxylation sites is 1. The van der Waals surface area contributed by atoms with Gasteiger partial charge in [-0.15, -0.1) is 0 Å². The number of methoxy groups -OCH3 is 1. The summed E-state index contributed by atoms with van der Waals surface area (Å²) in [7, 11) is 1.58. The highest BCUT2D eigenvalue weighted by atomic mass is 16.5. The quantitative estimate of drug-likeness (QED) is 0.505. The van der Waals surface area contributed by atoms with Gasteiger partial charge in [-0.05, 0) is 53.4 Å². The summed E-state index contributed by atoms with van der Waals surface area (Å²) in [5.41, 5.74) is 2.60. The normalized spacial score (nSPS) is 10.7. The molecule has 0 aliphatic carbocycles. The molecule has 0 spiro atoms. The Kier molecular flexibility index (Phi) is 7.44. The van der Waals surface area contributed by atoms with E-state index in [1.54, 1.807) is 31.6 Å². The first-order valence-corrected chi connectivity index (χ1v) is 10.1. The number of nitrogens with zero attached hydrogens (tertiary/aromatic N) is 2. The third kappa shape index (κ3) is 5.83. The van der Waals surface area contributed by atoms with E-state index >= 15 is 0 Å². The molecule has 0 aliphatic rings. The molecule has 1 aromatic heterocycles. The zero-order chi connectivity index (χ0) is 21.3. The van der Waals surface area contributed by atoms with Gasteiger partial charge in [-0.1, -0.05) is 38.1 Å². The van der Waals surface area contributed by atoms with Crippen molar-refractivity contribution >= 4 is 5.91 Å². The molecule has 0 saturated heterocycles. The van der Waals surface area contributed by atoms with E-state index in [9.17, 15) is 4.79 Å². The fourth-order valence-electron chi connectivity index (χ4n) is 3.07. The first kappa shape index (κ1) is 21.4. The topological polar surface area (TPSA) is 51.7 Å². The number of benzene rings is 2. The molecule has 5 heteroatoms. The molecular formula is C25H28N2O3. The van der Waals surface area contributed by atoms with Crippen LogP contribution in [0.3, 0.4) is 0 Å². The van der Waals surface area contributed by atoms with Gasteiger partial charge >= 0.3 is 0 Å². The molecule has 2 aromatic carbocycles. The Balaban J connectivity index is 1.81. The van der Waals surface area contributed by atoms with Gasteiger partial charge < -0.3 is 14.4 Å². The molecule has 3 rings (SSSR count). The lowest BCUT2D eigenvalue weighted by Crippen LogP contribution is -2.30. The van der Waals surface area contributed by atoms with Gasteiger partial charge in [0.2, 0.25) is 0 Å². The van der Waals surface area contributed by atoms with E-state index in [1.807, 2.05) is 53.4 Å². The van der Waals surface area contributed by atoms with Crippen molar-refractivity contribution in [3.05, 3.63) is 89.7 Å². The van der Waals surface area contributed by atoms with Crippen LogP contribution in [0.1, 0.15) is 35.3 Å². The van der Waals surface area contributed by atoms with Crippen molar-refractivity contribution in [2.24, 2.45) is 5.92 Å². The van der Waals surface area contributed by atoms with Crippen LogP contribution in [0.15, 0.2) is 73.1 Å². The van der Waals surface area contributed by atoms with Crippen LogP contribution >= 0.6 is 0 Å². The molecule has 0 saturated carbocycles. The molecule has 1 amide bonds. The highest BCUT2D eigenvalue weighted by Crippen LogP contribution is 2.22. The van der Waals surface area contributed by atoms with E-state index < -0.39 is 0 Å². The minimum Gasteiger partial charge on any atom is -0.496 e. The average molecular weight is 405 g/mol. The number of pyridine rings is 1. The van der Waals surface area contributed by atoms with Gasteiger partial charge in [-0.25, -0.2) is 0 Å². The Bertz CT molecular complexity index is 940. The fraction of sp³-hybridized carbons (Fsp3) is 0.280. The molecule has 0 fully saturated rings. The van der Waals surface area contributed by atoms with Crippen molar-refractivity contribution < 1.29 is 14.3 Å². The van der Waals surface area contributed by atoms with Crippen LogP contribution in [-0.4, -0.2) is 29.5 Å². The Morgan fingerprint density at radius 2 is 1.57 bits per heavy atom. The standard InChI is InChI=1S/C25H28N2O3/c1-19(2)18-30-22-10-8-20(9-11-22)16-27(17-21-12-14-26-15-13-21)25(28)23-6-4-5-7-24(23)29-3/h4-15,19H,16-18H2,1-3H3. The number of carbonyl (C=O) groups is 1. The van der Waals surface area contributed by atoms with E-state index in [2.05, 4.69) is 18.8 Å². The van der Waals surface area contributed by atoms with Crippen LogP contribution in [0, 0.1) is 5.92 Å². The van der Waals surface area contributed by atoms with Gasteiger partial charge in [0.15, 0.2) is 0 Å². The summed E-state index contributed by atoms with van der Waals surface area (Å²) in [6.07, 6.45) is 3.48. The summed E-state index contributed by atoms with van der Waals surface area (Å²) in [6, 6.07) is 19.1. The van der Waals surface area contributed by atoms with E-state index in [-0.39, 0.29) is 5.91 Å². The van der Waals surface area contributed by atoms with Crippen LogP contribution in [-0.2, 0) is 13.1 Å². The summed E-state index contributed by atoms with van der Waals surface area (Å²) >= 11 is 0. The second-order valence-corrected chi connectivity index (χ2v) is 7.57. The van der Waals surface area contributed by atoms with Gasteiger partial charge in [-0.3, -0.25) is 9.78 Å². The van der Waals surface area contributed by atoms with E-state index in [0.717, 1.165) is 16.9 Å². The van der Waals surface area contributed by atoms with Crippen molar-refractivity contribution in [2.75, 3.05) is 13.7 Å². The average Bonchev–Trinajstić information content (AvgIpc) is 2.78. The Morgan fingerprint density at radius 1 is 0.933 bits per heavy atom. The Labute approximate surface area is 178 Å². The second-order valence-electron chi connectivity index (χ2n) is 7.57. The zero-order valence-electron chi connectivity index (χ0n) is 17.7. The molecule has 3 aromatic rings. The van der Waals surface area contributed by atoms with Crippen molar-refractivity contribution in [3.8, 4) is 11.5 Å². The minimum atomic E-state index is -0.0793. The number of aromatic nitrogens is 1. The molecule has 0 N–H and O–H groups in total. The monoisotopic (exact) mass is 404 g/mol. The van der Waals surface area contributed by atoms with Gasteiger partial charge in [0.05, 0.1) is 19.3 Å². The van der Waals surface area contributed by atoms with Crippen LogP contribution in [0.2, 0.25) is 0 Å². The van der Waals surface area contributed by atoms with Gasteiger partial charge in [0.1, 0.15) is 11.5 Å². The molecule has 1 heterocycles. The second kappa shape index (κ2) is 10.4. The molecule has 156 valence electrons. The third-order valence-electron chi connectivity index (χ3n) is 4.63. The summed E-state index contributed by atoms with van der Waals surface area (Å²) < 4.78 is 11.2. The zero-order valence-corrected chi connectivity index (χ0v) is 17.7. The molecular weight excluding hydrogens is 376 g/mol. The van der Waals surface area contributed by atoms with Crippen molar-refractivity contribution in [2.45, 2.75) is 26.9 Å². The highest BCUT2D eigenvalue weighted by molar-refractivity contribution is 5.96. The first-order chi connectivity index (χ1) is 14.6. The van der Waals surface area contributed by atoms with E-state index in [1.165, 1.54) is 0 Å². The Hall–Kier alpha value is -3.34. The largest absolute Gasteiger partial charge is 0.496 e. The number of carbonyl (C=O) groups excluding carboxylic acids is 1.